The maximum absolute atomic E-state index is 12.9. The maximum atomic E-state index is 12.9. The van der Waals surface area contributed by atoms with Crippen LogP contribution in [0.1, 0.15) is 5.56 Å². The van der Waals surface area contributed by atoms with Gasteiger partial charge in [-0.1, -0.05) is 60.3 Å². The summed E-state index contributed by atoms with van der Waals surface area (Å²) in [6, 6.07) is 16.6. The van der Waals surface area contributed by atoms with Crippen molar-refractivity contribution in [2.45, 2.75) is 10.1 Å². The zero-order valence-electron chi connectivity index (χ0n) is 16.2. The third-order valence-electron chi connectivity index (χ3n) is 4.51. The molecule has 0 N–H and O–H groups in total. The molecule has 0 amide bonds. The van der Waals surface area contributed by atoms with E-state index in [0.29, 0.717) is 48.7 Å². The van der Waals surface area contributed by atoms with Gasteiger partial charge in [-0.3, -0.25) is 0 Å². The van der Waals surface area contributed by atoms with E-state index in [1.54, 1.807) is 24.3 Å². The Morgan fingerprint density at radius 2 is 1.83 bits per heavy atom. The van der Waals surface area contributed by atoms with Gasteiger partial charge >= 0.3 is 0 Å². The van der Waals surface area contributed by atoms with E-state index in [9.17, 15) is 8.42 Å². The second kappa shape index (κ2) is 9.57. The van der Waals surface area contributed by atoms with E-state index >= 15 is 0 Å². The van der Waals surface area contributed by atoms with E-state index < -0.39 is 10.0 Å². The van der Waals surface area contributed by atoms with Gasteiger partial charge in [0.15, 0.2) is 0 Å². The Bertz CT molecular complexity index is 1110. The second-order valence-corrected chi connectivity index (χ2v) is 9.45. The van der Waals surface area contributed by atoms with Crippen LogP contribution in [0.25, 0.3) is 17.5 Å². The summed E-state index contributed by atoms with van der Waals surface area (Å²) in [7, 11) is -3.58. The van der Waals surface area contributed by atoms with E-state index in [2.05, 4.69) is 10.2 Å². The fraction of sp³-hybridized carbons (Fsp3) is 0.238. The molecule has 4 rings (SSSR count). The monoisotopic (exact) mass is 443 g/mol. The Kier molecular flexibility index (Phi) is 6.63. The van der Waals surface area contributed by atoms with Crippen molar-refractivity contribution >= 4 is 27.9 Å². The van der Waals surface area contributed by atoms with Gasteiger partial charge in [-0.15, -0.1) is 10.2 Å². The molecule has 0 atom stereocenters. The van der Waals surface area contributed by atoms with Crippen molar-refractivity contribution in [3.8, 4) is 11.5 Å². The fourth-order valence-electron chi connectivity index (χ4n) is 2.98. The van der Waals surface area contributed by atoms with Crippen LogP contribution >= 0.6 is 11.8 Å². The number of nitrogens with zero attached hydrogens (tertiary/aromatic N) is 3. The summed E-state index contributed by atoms with van der Waals surface area (Å²) in [6.07, 6.45) is 4.06. The lowest BCUT2D eigenvalue weighted by molar-refractivity contribution is 0.0730. The quantitative estimate of drug-likeness (QED) is 0.516. The topological polar surface area (TPSA) is 85.5 Å². The lowest BCUT2D eigenvalue weighted by Crippen LogP contribution is -2.40. The van der Waals surface area contributed by atoms with Crippen LogP contribution in [0.5, 0.6) is 0 Å². The lowest BCUT2D eigenvalue weighted by atomic mass is 10.2. The van der Waals surface area contributed by atoms with Crippen LogP contribution in [0.4, 0.5) is 0 Å². The van der Waals surface area contributed by atoms with Crippen LogP contribution in [0, 0.1) is 0 Å². The van der Waals surface area contributed by atoms with Gasteiger partial charge in [0.1, 0.15) is 0 Å². The van der Waals surface area contributed by atoms with Gasteiger partial charge in [0.05, 0.1) is 18.1 Å². The number of morpholine rings is 1. The highest BCUT2D eigenvalue weighted by molar-refractivity contribution is 7.99. The number of hydrogen-bond donors (Lipinski definition) is 0. The number of ether oxygens (including phenoxy) is 1. The van der Waals surface area contributed by atoms with E-state index in [1.807, 2.05) is 42.5 Å². The summed E-state index contributed by atoms with van der Waals surface area (Å²) in [5.41, 5.74) is 1.70. The third-order valence-corrected chi connectivity index (χ3v) is 7.17. The first-order valence-electron chi connectivity index (χ1n) is 9.49. The Morgan fingerprint density at radius 3 is 2.63 bits per heavy atom. The first-order valence-corrected chi connectivity index (χ1v) is 11.9. The fourth-order valence-corrected chi connectivity index (χ4v) is 5.00. The van der Waals surface area contributed by atoms with Gasteiger partial charge in [0.2, 0.25) is 15.9 Å². The molecule has 3 aromatic rings. The maximum Gasteiger partial charge on any atom is 0.277 e. The van der Waals surface area contributed by atoms with Crippen LogP contribution < -0.4 is 0 Å². The molecular formula is C21H21N3O4S2. The largest absolute Gasteiger partial charge is 0.411 e. The summed E-state index contributed by atoms with van der Waals surface area (Å²) in [4.78, 5) is 0.208. The molecule has 0 saturated carbocycles. The van der Waals surface area contributed by atoms with Gasteiger partial charge in [0.25, 0.3) is 5.22 Å². The summed E-state index contributed by atoms with van der Waals surface area (Å²) in [5, 5.41) is 8.56. The number of aromatic nitrogens is 2. The molecule has 156 valence electrons. The van der Waals surface area contributed by atoms with Crippen LogP contribution in [0.3, 0.4) is 0 Å². The number of thioether (sulfide) groups is 1. The lowest BCUT2D eigenvalue weighted by Gasteiger charge is -2.26. The molecule has 7 nitrogen and oxygen atoms in total. The van der Waals surface area contributed by atoms with E-state index in [4.69, 9.17) is 9.15 Å². The van der Waals surface area contributed by atoms with E-state index in [1.165, 1.54) is 16.1 Å². The number of hydrogen-bond acceptors (Lipinski definition) is 7. The summed E-state index contributed by atoms with van der Waals surface area (Å²) in [5.74, 6) is 0.977. The Hall–Kier alpha value is -2.46. The van der Waals surface area contributed by atoms with Crippen LogP contribution in [0.15, 0.2) is 75.2 Å². The van der Waals surface area contributed by atoms with Crippen molar-refractivity contribution in [3.63, 3.8) is 0 Å². The Morgan fingerprint density at radius 1 is 1.03 bits per heavy atom. The van der Waals surface area contributed by atoms with Gasteiger partial charge in [-0.25, -0.2) is 8.42 Å². The molecule has 0 bridgehead atoms. The predicted molar refractivity (Wildman–Crippen MR) is 116 cm³/mol. The first-order chi connectivity index (χ1) is 14.6. The smallest absolute Gasteiger partial charge is 0.277 e. The standard InChI is InChI=1S/C21H21N3O4S2/c25-30(26,24-11-13-27-14-12-24)19-10-4-9-18(16-19)20-22-23-21(28-20)29-15-5-8-17-6-2-1-3-7-17/h1-10,16H,11-15H2/b8-5+. The molecule has 1 fully saturated rings. The molecule has 2 aromatic carbocycles. The van der Waals surface area contributed by atoms with E-state index in [0.717, 1.165) is 5.56 Å². The van der Waals surface area contributed by atoms with Crippen LogP contribution in [0.2, 0.25) is 0 Å². The highest BCUT2D eigenvalue weighted by atomic mass is 32.2. The zero-order chi connectivity index (χ0) is 20.8. The summed E-state index contributed by atoms with van der Waals surface area (Å²) >= 11 is 1.42. The molecule has 0 aliphatic carbocycles. The average Bonchev–Trinajstić information content (AvgIpc) is 3.27. The van der Waals surface area contributed by atoms with Crippen molar-refractivity contribution in [2.75, 3.05) is 32.1 Å². The first kappa shape index (κ1) is 20.8. The highest BCUT2D eigenvalue weighted by Gasteiger charge is 2.26. The molecule has 1 saturated heterocycles. The van der Waals surface area contributed by atoms with Crippen molar-refractivity contribution in [1.29, 1.82) is 0 Å². The van der Waals surface area contributed by atoms with Crippen molar-refractivity contribution in [1.82, 2.24) is 14.5 Å². The number of benzene rings is 2. The van der Waals surface area contributed by atoms with Crippen molar-refractivity contribution in [3.05, 3.63) is 66.2 Å². The second-order valence-electron chi connectivity index (χ2n) is 6.54. The third kappa shape index (κ3) is 4.99. The average molecular weight is 444 g/mol. The number of rotatable bonds is 7. The normalized spacial score (nSPS) is 15.6. The SMILES string of the molecule is O=S(=O)(c1cccc(-c2nnc(SC/C=C/c3ccccc3)o2)c1)N1CCOCC1. The summed E-state index contributed by atoms with van der Waals surface area (Å²) < 4.78 is 38.1. The molecule has 0 unspecified atom stereocenters. The van der Waals surface area contributed by atoms with Crippen LogP contribution in [-0.2, 0) is 14.8 Å². The Labute approximate surface area is 179 Å². The van der Waals surface area contributed by atoms with Gasteiger partial charge in [-0.05, 0) is 23.8 Å². The highest BCUT2D eigenvalue weighted by Crippen LogP contribution is 2.26. The molecule has 2 heterocycles. The van der Waals surface area contributed by atoms with Crippen molar-refractivity contribution < 1.29 is 17.6 Å². The molecule has 0 radical (unpaired) electrons. The minimum Gasteiger partial charge on any atom is -0.411 e. The molecule has 1 aromatic heterocycles. The summed E-state index contributed by atoms with van der Waals surface area (Å²) in [6.45, 7) is 1.51. The minimum absolute atomic E-state index is 0.208. The van der Waals surface area contributed by atoms with Gasteiger partial charge in [0, 0.05) is 24.4 Å². The zero-order valence-corrected chi connectivity index (χ0v) is 17.8. The molecular weight excluding hydrogens is 422 g/mol. The Balaban J connectivity index is 1.43. The molecule has 30 heavy (non-hydrogen) atoms. The molecule has 1 aliphatic rings. The number of sulfonamides is 1. The molecule has 9 heteroatoms. The van der Waals surface area contributed by atoms with Gasteiger partial charge in [-0.2, -0.15) is 4.31 Å². The van der Waals surface area contributed by atoms with E-state index in [-0.39, 0.29) is 4.90 Å². The molecule has 1 aliphatic heterocycles. The molecule has 0 spiro atoms. The van der Waals surface area contributed by atoms with Gasteiger partial charge < -0.3 is 9.15 Å². The minimum atomic E-state index is -3.58. The van der Waals surface area contributed by atoms with Crippen LogP contribution in [-0.4, -0.2) is 55.0 Å². The van der Waals surface area contributed by atoms with Crippen molar-refractivity contribution in [2.24, 2.45) is 0 Å². The predicted octanol–water partition coefficient (Wildman–Crippen LogP) is 3.56.